The van der Waals surface area contributed by atoms with Crippen LogP contribution < -0.4 is 5.32 Å². The van der Waals surface area contributed by atoms with Crippen LogP contribution in [0.15, 0.2) is 42.5 Å². The van der Waals surface area contributed by atoms with Crippen LogP contribution in [-0.4, -0.2) is 23.0 Å². The van der Waals surface area contributed by atoms with Gasteiger partial charge in [-0.25, -0.2) is 4.79 Å². The van der Waals surface area contributed by atoms with Crippen molar-refractivity contribution in [1.29, 1.82) is 5.26 Å². The van der Waals surface area contributed by atoms with Gasteiger partial charge in [0.05, 0.1) is 6.07 Å². The van der Waals surface area contributed by atoms with Crippen molar-refractivity contribution in [1.82, 2.24) is 5.32 Å². The highest BCUT2D eigenvalue weighted by molar-refractivity contribution is 6.00. The molecule has 2 aromatic carbocycles. The van der Waals surface area contributed by atoms with E-state index in [1.165, 1.54) is 0 Å². The fourth-order valence-corrected chi connectivity index (χ4v) is 2.21. The van der Waals surface area contributed by atoms with Gasteiger partial charge < -0.3 is 10.4 Å². The molecule has 2 aromatic rings. The van der Waals surface area contributed by atoms with Gasteiger partial charge in [-0.05, 0) is 35.7 Å². The molecule has 1 atom stereocenters. The Bertz CT molecular complexity index is 734. The van der Waals surface area contributed by atoms with Crippen molar-refractivity contribution in [3.8, 4) is 6.07 Å². The minimum absolute atomic E-state index is 0.238. The first-order chi connectivity index (χ1) is 10.6. The number of benzene rings is 2. The predicted octanol–water partition coefficient (Wildman–Crippen LogP) is 2.72. The number of nitrogens with one attached hydrogen (secondary N) is 1. The summed E-state index contributed by atoms with van der Waals surface area (Å²) in [6, 6.07) is 13.9. The zero-order valence-corrected chi connectivity index (χ0v) is 12.0. The first-order valence-corrected chi connectivity index (χ1v) is 7.01. The molecule has 0 fully saturated rings. The smallest absolute Gasteiger partial charge is 0.326 e. The van der Waals surface area contributed by atoms with Crippen LogP contribution in [0.5, 0.6) is 0 Å². The number of rotatable bonds is 6. The first-order valence-electron chi connectivity index (χ1n) is 7.01. The fourth-order valence-electron chi connectivity index (χ4n) is 2.21. The van der Waals surface area contributed by atoms with E-state index < -0.39 is 17.9 Å². The summed E-state index contributed by atoms with van der Waals surface area (Å²) in [5, 5.41) is 22.1. The van der Waals surface area contributed by atoms with Crippen LogP contribution >= 0.6 is 0 Å². The Balaban J connectivity index is 2.11. The summed E-state index contributed by atoms with van der Waals surface area (Å²) in [4.78, 5) is 23.4. The summed E-state index contributed by atoms with van der Waals surface area (Å²) in [5.74, 6) is -1.51. The van der Waals surface area contributed by atoms with E-state index in [1.807, 2.05) is 36.4 Å². The van der Waals surface area contributed by atoms with Gasteiger partial charge >= 0.3 is 5.97 Å². The molecule has 2 rings (SSSR count). The van der Waals surface area contributed by atoms with E-state index in [2.05, 4.69) is 5.32 Å². The van der Waals surface area contributed by atoms with Crippen LogP contribution in [0.1, 0.15) is 29.6 Å². The summed E-state index contributed by atoms with van der Waals surface area (Å²) < 4.78 is 0. The molecule has 0 saturated carbocycles. The van der Waals surface area contributed by atoms with Crippen LogP contribution in [0.2, 0.25) is 0 Å². The number of nitrogens with zero attached hydrogens (tertiary/aromatic N) is 1. The molecule has 0 aliphatic carbocycles. The SMILES string of the molecule is N#CCCC[C@@H](NC(=O)c1ccc2ccccc2c1)C(=O)O. The van der Waals surface area contributed by atoms with Crippen LogP contribution in [-0.2, 0) is 4.79 Å². The third kappa shape index (κ3) is 3.83. The van der Waals surface area contributed by atoms with Crippen molar-refractivity contribution in [2.45, 2.75) is 25.3 Å². The van der Waals surface area contributed by atoms with Crippen LogP contribution in [0.25, 0.3) is 10.8 Å². The number of hydrogen-bond acceptors (Lipinski definition) is 3. The Hall–Kier alpha value is -2.87. The number of carboxylic acids is 1. The van der Waals surface area contributed by atoms with E-state index in [9.17, 15) is 9.59 Å². The van der Waals surface area contributed by atoms with E-state index in [4.69, 9.17) is 10.4 Å². The van der Waals surface area contributed by atoms with Crippen molar-refractivity contribution in [2.75, 3.05) is 0 Å². The van der Waals surface area contributed by atoms with Gasteiger partial charge in [-0.15, -0.1) is 0 Å². The van der Waals surface area contributed by atoms with Crippen molar-refractivity contribution < 1.29 is 14.7 Å². The molecule has 0 saturated heterocycles. The molecule has 0 spiro atoms. The van der Waals surface area contributed by atoms with Crippen molar-refractivity contribution in [3.05, 3.63) is 48.0 Å². The molecule has 0 bridgehead atoms. The molecule has 5 heteroatoms. The molecule has 22 heavy (non-hydrogen) atoms. The molecule has 1 amide bonds. The Kier molecular flexibility index (Phi) is 5.10. The molecule has 0 aliphatic rings. The van der Waals surface area contributed by atoms with Gasteiger partial charge in [0.15, 0.2) is 0 Å². The zero-order valence-electron chi connectivity index (χ0n) is 12.0. The quantitative estimate of drug-likeness (QED) is 0.802. The van der Waals surface area contributed by atoms with Gasteiger partial charge in [-0.1, -0.05) is 30.3 Å². The largest absolute Gasteiger partial charge is 0.480 e. The highest BCUT2D eigenvalue weighted by Crippen LogP contribution is 2.16. The highest BCUT2D eigenvalue weighted by atomic mass is 16.4. The van der Waals surface area contributed by atoms with E-state index in [-0.39, 0.29) is 12.8 Å². The number of hydrogen-bond donors (Lipinski definition) is 2. The van der Waals surface area contributed by atoms with Crippen LogP contribution in [0, 0.1) is 11.3 Å². The molecular formula is C17H16N2O3. The topological polar surface area (TPSA) is 90.2 Å². The average Bonchev–Trinajstić information content (AvgIpc) is 2.53. The molecule has 5 nitrogen and oxygen atoms in total. The number of aliphatic carboxylic acids is 1. The summed E-state index contributed by atoms with van der Waals surface area (Å²) >= 11 is 0. The first kappa shape index (κ1) is 15.5. The molecule has 0 heterocycles. The normalized spacial score (nSPS) is 11.6. The second-order valence-electron chi connectivity index (χ2n) is 4.98. The Morgan fingerprint density at radius 1 is 1.18 bits per heavy atom. The number of carbonyl (C=O) groups excluding carboxylic acids is 1. The lowest BCUT2D eigenvalue weighted by molar-refractivity contribution is -0.139. The van der Waals surface area contributed by atoms with Crippen LogP contribution in [0.4, 0.5) is 0 Å². The Morgan fingerprint density at radius 3 is 2.59 bits per heavy atom. The summed E-state index contributed by atoms with van der Waals surface area (Å²) in [6.45, 7) is 0. The Labute approximate surface area is 128 Å². The number of amides is 1. The number of nitriles is 1. The highest BCUT2D eigenvalue weighted by Gasteiger charge is 2.20. The summed E-state index contributed by atoms with van der Waals surface area (Å²) in [7, 11) is 0. The second kappa shape index (κ2) is 7.23. The minimum Gasteiger partial charge on any atom is -0.480 e. The second-order valence-corrected chi connectivity index (χ2v) is 4.98. The van der Waals surface area contributed by atoms with Crippen molar-refractivity contribution in [2.24, 2.45) is 0 Å². The average molecular weight is 296 g/mol. The zero-order chi connectivity index (χ0) is 15.9. The van der Waals surface area contributed by atoms with Gasteiger partial charge in [0.1, 0.15) is 6.04 Å². The Morgan fingerprint density at radius 2 is 1.91 bits per heavy atom. The summed E-state index contributed by atoms with van der Waals surface area (Å²) in [6.07, 6.45) is 0.948. The third-order valence-corrected chi connectivity index (χ3v) is 3.40. The maximum atomic E-state index is 12.2. The van der Waals surface area contributed by atoms with E-state index in [0.29, 0.717) is 12.0 Å². The lowest BCUT2D eigenvalue weighted by Gasteiger charge is -2.14. The molecule has 2 N–H and O–H groups in total. The molecular weight excluding hydrogens is 280 g/mol. The summed E-state index contributed by atoms with van der Waals surface area (Å²) in [5.41, 5.74) is 0.422. The van der Waals surface area contributed by atoms with Gasteiger partial charge in [-0.2, -0.15) is 5.26 Å². The van der Waals surface area contributed by atoms with Gasteiger partial charge in [0.2, 0.25) is 0 Å². The standard InChI is InChI=1S/C17H16N2O3/c18-10-4-3-7-15(17(21)22)19-16(20)14-9-8-12-5-1-2-6-13(12)11-14/h1-2,5-6,8-9,11,15H,3-4,7H2,(H,19,20)(H,21,22)/t15-/m1/s1. The molecule has 0 unspecified atom stereocenters. The number of unbranched alkanes of at least 4 members (excludes halogenated alkanes) is 1. The predicted molar refractivity (Wildman–Crippen MR) is 82.3 cm³/mol. The molecule has 0 aromatic heterocycles. The van der Waals surface area contributed by atoms with E-state index in [1.54, 1.807) is 12.1 Å². The van der Waals surface area contributed by atoms with Gasteiger partial charge in [0.25, 0.3) is 5.91 Å². The lowest BCUT2D eigenvalue weighted by atomic mass is 10.1. The lowest BCUT2D eigenvalue weighted by Crippen LogP contribution is -2.40. The molecule has 0 aliphatic heterocycles. The molecule has 112 valence electrons. The monoisotopic (exact) mass is 296 g/mol. The van der Waals surface area contributed by atoms with Crippen LogP contribution in [0.3, 0.4) is 0 Å². The third-order valence-electron chi connectivity index (χ3n) is 3.40. The van der Waals surface area contributed by atoms with E-state index >= 15 is 0 Å². The molecule has 0 radical (unpaired) electrons. The maximum Gasteiger partial charge on any atom is 0.326 e. The van der Waals surface area contributed by atoms with Gasteiger partial charge in [-0.3, -0.25) is 4.79 Å². The van der Waals surface area contributed by atoms with Crippen molar-refractivity contribution >= 4 is 22.6 Å². The minimum atomic E-state index is -1.09. The van der Waals surface area contributed by atoms with E-state index in [0.717, 1.165) is 10.8 Å². The maximum absolute atomic E-state index is 12.2. The van der Waals surface area contributed by atoms with Crippen molar-refractivity contribution in [3.63, 3.8) is 0 Å². The number of fused-ring (bicyclic) bond motifs is 1. The fraction of sp³-hybridized carbons (Fsp3) is 0.235. The number of carbonyl (C=O) groups is 2. The van der Waals surface area contributed by atoms with Gasteiger partial charge in [0, 0.05) is 12.0 Å². The number of carboxylic acid groups (broad SMARTS) is 1.